The molecule has 0 radical (unpaired) electrons. The zero-order valence-electron chi connectivity index (χ0n) is 15.7. The maximum Gasteiger partial charge on any atom is 0.251 e. The van der Waals surface area contributed by atoms with E-state index in [1.54, 1.807) is 23.0 Å². The first-order chi connectivity index (χ1) is 12.1. The molecule has 1 amide bonds. The minimum absolute atomic E-state index is 0.0550. The van der Waals surface area contributed by atoms with Gasteiger partial charge in [0, 0.05) is 25.3 Å². The van der Waals surface area contributed by atoms with E-state index in [1.165, 1.54) is 6.07 Å². The Morgan fingerprint density at radius 1 is 1.27 bits per heavy atom. The molecule has 1 saturated carbocycles. The van der Waals surface area contributed by atoms with Gasteiger partial charge in [0.2, 0.25) is 5.88 Å². The van der Waals surface area contributed by atoms with Crippen LogP contribution in [0.5, 0.6) is 5.88 Å². The molecule has 142 valence electrons. The number of primary amides is 1. The number of carbonyl (C=O) groups excluding carboxylic acids is 1. The molecule has 3 N–H and O–H groups in total. The molecule has 2 heterocycles. The Morgan fingerprint density at radius 2 is 1.88 bits per heavy atom. The molecule has 1 aliphatic carbocycles. The number of ether oxygens (including phenoxy) is 1. The van der Waals surface area contributed by atoms with Gasteiger partial charge in [-0.2, -0.15) is 0 Å². The second kappa shape index (κ2) is 7.25. The number of amides is 1. The summed E-state index contributed by atoms with van der Waals surface area (Å²) in [6.45, 7) is 9.65. The molecule has 0 spiro atoms. The second-order valence-corrected chi connectivity index (χ2v) is 7.64. The van der Waals surface area contributed by atoms with Crippen LogP contribution in [-0.4, -0.2) is 39.5 Å². The smallest absolute Gasteiger partial charge is 0.251 e. The van der Waals surface area contributed by atoms with E-state index in [9.17, 15) is 4.79 Å². The normalized spacial score (nSPS) is 17.2. The van der Waals surface area contributed by atoms with Crippen molar-refractivity contribution in [1.82, 2.24) is 14.8 Å². The quantitative estimate of drug-likeness (QED) is 0.776. The van der Waals surface area contributed by atoms with Crippen molar-refractivity contribution in [1.29, 1.82) is 0 Å². The van der Waals surface area contributed by atoms with E-state index in [1.807, 2.05) is 0 Å². The average molecular weight is 381 g/mol. The van der Waals surface area contributed by atoms with Crippen LogP contribution >= 0.6 is 11.6 Å². The first-order valence-electron chi connectivity index (χ1n) is 8.24. The summed E-state index contributed by atoms with van der Waals surface area (Å²) in [6.07, 6.45) is 1.74. The van der Waals surface area contributed by atoms with Crippen molar-refractivity contribution in [3.63, 3.8) is 0 Å². The summed E-state index contributed by atoms with van der Waals surface area (Å²) in [5, 5.41) is 11.4. The van der Waals surface area contributed by atoms with Crippen molar-refractivity contribution >= 4 is 17.5 Å². The Labute approximate surface area is 158 Å². The number of nitrogens with two attached hydrogens (primary N) is 1. The molecule has 7 nitrogen and oxygen atoms in total. The molecule has 3 rings (SSSR count). The van der Waals surface area contributed by atoms with E-state index >= 15 is 0 Å². The number of hydrogen-bond donors (Lipinski definition) is 2. The lowest BCUT2D eigenvalue weighted by Crippen LogP contribution is -2.13. The van der Waals surface area contributed by atoms with Crippen LogP contribution in [0.1, 0.15) is 38.1 Å². The lowest BCUT2D eigenvalue weighted by Gasteiger charge is -2.05. The van der Waals surface area contributed by atoms with Crippen molar-refractivity contribution in [2.24, 2.45) is 22.5 Å². The molecule has 2 aromatic heterocycles. The molecule has 0 atom stereocenters. The molecule has 2 aromatic rings. The van der Waals surface area contributed by atoms with Crippen LogP contribution in [0, 0.1) is 16.7 Å². The van der Waals surface area contributed by atoms with E-state index in [0.717, 1.165) is 7.11 Å². The number of rotatable bonds is 5. The van der Waals surface area contributed by atoms with Crippen LogP contribution in [0.25, 0.3) is 5.82 Å². The monoisotopic (exact) mass is 380 g/mol. The van der Waals surface area contributed by atoms with Gasteiger partial charge in [0.1, 0.15) is 5.15 Å². The number of pyridine rings is 1. The van der Waals surface area contributed by atoms with Crippen molar-refractivity contribution in [3.05, 3.63) is 35.1 Å². The number of aromatic nitrogens is 3. The second-order valence-electron chi connectivity index (χ2n) is 7.28. The predicted octanol–water partition coefficient (Wildman–Crippen LogP) is 2.69. The van der Waals surface area contributed by atoms with Gasteiger partial charge in [-0.05, 0) is 23.0 Å². The largest absolute Gasteiger partial charge is 0.476 e. The Balaban J connectivity index is 0.00000117. The van der Waals surface area contributed by atoms with E-state index < -0.39 is 5.91 Å². The van der Waals surface area contributed by atoms with Gasteiger partial charge in [0.15, 0.2) is 5.82 Å². The lowest BCUT2D eigenvalue weighted by molar-refractivity contribution is 0.1000. The Hall–Kier alpha value is -2.12. The van der Waals surface area contributed by atoms with Crippen LogP contribution in [0.4, 0.5) is 0 Å². The maximum atomic E-state index is 11.2. The third-order valence-corrected chi connectivity index (χ3v) is 5.90. The van der Waals surface area contributed by atoms with Crippen LogP contribution in [-0.2, 0) is 0 Å². The summed E-state index contributed by atoms with van der Waals surface area (Å²) in [5.74, 6) is 0.910. The molecule has 1 aliphatic rings. The first kappa shape index (κ1) is 20.2. The molecule has 0 aromatic carbocycles. The van der Waals surface area contributed by atoms with Gasteiger partial charge in [-0.25, -0.2) is 9.67 Å². The highest BCUT2D eigenvalue weighted by molar-refractivity contribution is 6.32. The fourth-order valence-corrected chi connectivity index (χ4v) is 3.41. The average Bonchev–Trinajstić information content (AvgIpc) is 2.92. The van der Waals surface area contributed by atoms with Crippen LogP contribution in [0.15, 0.2) is 24.4 Å². The molecule has 26 heavy (non-hydrogen) atoms. The number of hydrogen-bond acceptors (Lipinski definition) is 5. The van der Waals surface area contributed by atoms with Crippen molar-refractivity contribution < 1.29 is 14.6 Å². The number of carbonyl (C=O) groups is 1. The Morgan fingerprint density at radius 3 is 2.38 bits per heavy atom. The summed E-state index contributed by atoms with van der Waals surface area (Å²) in [6, 6.07) is 4.94. The van der Waals surface area contributed by atoms with E-state index in [-0.39, 0.29) is 21.5 Å². The summed E-state index contributed by atoms with van der Waals surface area (Å²) in [5.41, 5.74) is 5.95. The fraction of sp³-hybridized carbons (Fsp3) is 0.500. The molecule has 8 heteroatoms. The molecule has 0 bridgehead atoms. The standard InChI is InChI=1S/C17H21ClN4O2.CH4O/c1-16(2)11(17(16,3)4)9-24-13-7-8-22(21-13)12-6-5-10(15(19)23)14(18)20-12;1-2/h5-8,11H,9H2,1-4H3,(H2,19,23);2H,1H3. The third-order valence-electron chi connectivity index (χ3n) is 5.62. The highest BCUT2D eigenvalue weighted by Crippen LogP contribution is 2.68. The fourth-order valence-electron chi connectivity index (χ4n) is 3.17. The van der Waals surface area contributed by atoms with Crippen molar-refractivity contribution in [2.75, 3.05) is 13.7 Å². The third kappa shape index (κ3) is 3.54. The molecule has 0 aliphatic heterocycles. The first-order valence-corrected chi connectivity index (χ1v) is 8.62. The predicted molar refractivity (Wildman–Crippen MR) is 99.6 cm³/mol. The highest BCUT2D eigenvalue weighted by atomic mass is 35.5. The van der Waals surface area contributed by atoms with Gasteiger partial charge in [-0.15, -0.1) is 5.10 Å². The van der Waals surface area contributed by atoms with Gasteiger partial charge < -0.3 is 15.6 Å². The van der Waals surface area contributed by atoms with Gasteiger partial charge in [0.25, 0.3) is 5.91 Å². The molecule has 1 fully saturated rings. The molecular formula is C18H25ClN4O3. The van der Waals surface area contributed by atoms with E-state index in [4.69, 9.17) is 27.2 Å². The lowest BCUT2D eigenvalue weighted by atomic mass is 10.0. The number of halogens is 1. The number of nitrogens with zero attached hydrogens (tertiary/aromatic N) is 3. The molecular weight excluding hydrogens is 356 g/mol. The van der Waals surface area contributed by atoms with Crippen molar-refractivity contribution in [3.8, 4) is 11.7 Å². The van der Waals surface area contributed by atoms with E-state index in [2.05, 4.69) is 37.8 Å². The van der Waals surface area contributed by atoms with Crippen LogP contribution < -0.4 is 10.5 Å². The molecule has 0 saturated heterocycles. The summed E-state index contributed by atoms with van der Waals surface area (Å²) >= 11 is 5.97. The van der Waals surface area contributed by atoms with Gasteiger partial charge in [0.05, 0.1) is 12.2 Å². The van der Waals surface area contributed by atoms with Crippen LogP contribution in [0.2, 0.25) is 5.15 Å². The zero-order chi connectivity index (χ0) is 19.7. The zero-order valence-corrected chi connectivity index (χ0v) is 16.4. The van der Waals surface area contributed by atoms with Gasteiger partial charge in [-0.3, -0.25) is 4.79 Å². The minimum Gasteiger partial charge on any atom is -0.476 e. The number of aliphatic hydroxyl groups excluding tert-OH is 1. The summed E-state index contributed by atoms with van der Waals surface area (Å²) < 4.78 is 7.38. The Bertz CT molecular complexity index is 787. The highest BCUT2D eigenvalue weighted by Gasteiger charge is 2.64. The number of aliphatic hydroxyl groups is 1. The van der Waals surface area contributed by atoms with Gasteiger partial charge in [-0.1, -0.05) is 39.3 Å². The van der Waals surface area contributed by atoms with Gasteiger partial charge >= 0.3 is 0 Å². The van der Waals surface area contributed by atoms with Crippen LogP contribution in [0.3, 0.4) is 0 Å². The topological polar surface area (TPSA) is 103 Å². The summed E-state index contributed by atoms with van der Waals surface area (Å²) in [7, 11) is 1.00. The minimum atomic E-state index is -0.613. The van der Waals surface area contributed by atoms with E-state index in [0.29, 0.717) is 24.2 Å². The van der Waals surface area contributed by atoms with Crippen molar-refractivity contribution in [2.45, 2.75) is 27.7 Å². The summed E-state index contributed by atoms with van der Waals surface area (Å²) in [4.78, 5) is 15.3. The Kier molecular flexibility index (Phi) is 5.63. The SMILES string of the molecule is CC1(C)C(COc2ccn(-c3ccc(C(N)=O)c(Cl)n3)n2)C1(C)C.CO. The maximum absolute atomic E-state index is 11.2. The molecule has 0 unspecified atom stereocenters.